The normalized spacial score (nSPS) is 20.0. The maximum atomic E-state index is 11.8. The zero-order chi connectivity index (χ0) is 13.0. The molecule has 1 aromatic carbocycles. The van der Waals surface area contributed by atoms with Gasteiger partial charge in [-0.15, -0.1) is 0 Å². The van der Waals surface area contributed by atoms with Crippen molar-refractivity contribution < 1.29 is 15.0 Å². The Bertz CT molecular complexity index is 401. The molecule has 0 amide bonds. The number of benzene rings is 1. The fourth-order valence-corrected chi connectivity index (χ4v) is 2.42. The Labute approximate surface area is 107 Å². The van der Waals surface area contributed by atoms with Gasteiger partial charge in [-0.1, -0.05) is 30.3 Å². The van der Waals surface area contributed by atoms with Crippen LogP contribution in [0, 0.1) is 5.41 Å². The molecule has 0 spiro atoms. The maximum absolute atomic E-state index is 11.8. The minimum Gasteiger partial charge on any atom is -0.395 e. The van der Waals surface area contributed by atoms with Crippen molar-refractivity contribution in [3.8, 4) is 0 Å². The highest BCUT2D eigenvalue weighted by atomic mass is 16.3. The quantitative estimate of drug-likeness (QED) is 0.812. The first kappa shape index (κ1) is 13.2. The Hall–Kier alpha value is -1.23. The number of aliphatic hydroxyl groups is 2. The van der Waals surface area contributed by atoms with Gasteiger partial charge in [-0.2, -0.15) is 0 Å². The molecule has 0 atom stereocenters. The van der Waals surface area contributed by atoms with Gasteiger partial charge in [0.25, 0.3) is 0 Å². The summed E-state index contributed by atoms with van der Waals surface area (Å²) in [6.07, 6.45) is 0.397. The van der Waals surface area contributed by atoms with Gasteiger partial charge in [-0.25, -0.2) is 0 Å². The second kappa shape index (κ2) is 5.61. The number of likely N-dealkylation sites (tertiary alicyclic amines) is 1. The molecule has 1 aromatic rings. The van der Waals surface area contributed by atoms with Crippen LogP contribution in [0.5, 0.6) is 0 Å². The summed E-state index contributed by atoms with van der Waals surface area (Å²) in [5.74, 6) is -0.0307. The number of hydrogen-bond donors (Lipinski definition) is 2. The lowest BCUT2D eigenvalue weighted by molar-refractivity contribution is -0.140. The third-order valence-corrected chi connectivity index (χ3v) is 3.63. The van der Waals surface area contributed by atoms with Crippen LogP contribution in [0.2, 0.25) is 0 Å². The molecular weight excluding hydrogens is 230 g/mol. The van der Waals surface area contributed by atoms with Gasteiger partial charge in [0.2, 0.25) is 0 Å². The van der Waals surface area contributed by atoms with E-state index >= 15 is 0 Å². The molecule has 0 aliphatic carbocycles. The van der Waals surface area contributed by atoms with Crippen molar-refractivity contribution in [1.82, 2.24) is 4.90 Å². The molecule has 1 fully saturated rings. The van der Waals surface area contributed by atoms with Crippen LogP contribution in [0.1, 0.15) is 12.0 Å². The Balaban J connectivity index is 2.06. The largest absolute Gasteiger partial charge is 0.395 e. The van der Waals surface area contributed by atoms with Crippen LogP contribution in [-0.4, -0.2) is 47.2 Å². The van der Waals surface area contributed by atoms with E-state index in [1.807, 2.05) is 30.3 Å². The van der Waals surface area contributed by atoms with Gasteiger partial charge < -0.3 is 10.2 Å². The highest BCUT2D eigenvalue weighted by Gasteiger charge is 2.41. The monoisotopic (exact) mass is 249 g/mol. The Morgan fingerprint density at radius 3 is 2.44 bits per heavy atom. The number of piperidine rings is 1. The van der Waals surface area contributed by atoms with Crippen LogP contribution in [0.3, 0.4) is 0 Å². The van der Waals surface area contributed by atoms with E-state index in [2.05, 4.69) is 4.90 Å². The number of hydrogen-bond acceptors (Lipinski definition) is 4. The van der Waals surface area contributed by atoms with Gasteiger partial charge in [-0.05, 0) is 5.56 Å². The van der Waals surface area contributed by atoms with Gasteiger partial charge >= 0.3 is 0 Å². The number of nitrogens with zero attached hydrogens (tertiary/aromatic N) is 1. The predicted molar refractivity (Wildman–Crippen MR) is 67.9 cm³/mol. The fourth-order valence-electron chi connectivity index (χ4n) is 2.42. The van der Waals surface area contributed by atoms with Gasteiger partial charge in [0.1, 0.15) is 5.78 Å². The zero-order valence-corrected chi connectivity index (χ0v) is 10.4. The van der Waals surface area contributed by atoms with Crippen molar-refractivity contribution >= 4 is 5.78 Å². The lowest BCUT2D eigenvalue weighted by Gasteiger charge is -2.39. The summed E-state index contributed by atoms with van der Waals surface area (Å²) >= 11 is 0. The van der Waals surface area contributed by atoms with Crippen LogP contribution in [0.25, 0.3) is 0 Å². The first-order chi connectivity index (χ1) is 8.70. The summed E-state index contributed by atoms with van der Waals surface area (Å²) in [5, 5.41) is 18.8. The lowest BCUT2D eigenvalue weighted by atomic mass is 9.80. The maximum Gasteiger partial charge on any atom is 0.146 e. The summed E-state index contributed by atoms with van der Waals surface area (Å²) in [4.78, 5) is 13.9. The third kappa shape index (κ3) is 2.61. The third-order valence-electron chi connectivity index (χ3n) is 3.63. The minimum absolute atomic E-state index is 0.0307. The molecule has 1 aliphatic rings. The van der Waals surface area contributed by atoms with Crippen molar-refractivity contribution in [2.24, 2.45) is 5.41 Å². The molecule has 1 aliphatic heterocycles. The molecule has 0 radical (unpaired) electrons. The van der Waals surface area contributed by atoms with Gasteiger partial charge in [-0.3, -0.25) is 9.69 Å². The minimum atomic E-state index is -0.979. The molecule has 2 N–H and O–H groups in total. The number of rotatable bonds is 4. The molecule has 0 saturated carbocycles. The zero-order valence-electron chi connectivity index (χ0n) is 10.4. The number of aliphatic hydroxyl groups excluding tert-OH is 2. The summed E-state index contributed by atoms with van der Waals surface area (Å²) in [7, 11) is 0. The molecule has 0 bridgehead atoms. The molecule has 4 nitrogen and oxygen atoms in total. The van der Waals surface area contributed by atoms with Gasteiger partial charge in [0.05, 0.1) is 18.6 Å². The van der Waals surface area contributed by atoms with E-state index in [1.165, 1.54) is 5.56 Å². The average molecular weight is 249 g/mol. The van der Waals surface area contributed by atoms with Crippen molar-refractivity contribution in [3.63, 3.8) is 0 Å². The van der Waals surface area contributed by atoms with Crippen molar-refractivity contribution in [1.29, 1.82) is 0 Å². The summed E-state index contributed by atoms with van der Waals surface area (Å²) < 4.78 is 0. The predicted octanol–water partition coefficient (Wildman–Crippen LogP) is 0.432. The fraction of sp³-hybridized carbons (Fsp3) is 0.500. The number of carbonyl (C=O) groups excluding carboxylic acids is 1. The van der Waals surface area contributed by atoms with E-state index in [0.29, 0.717) is 19.5 Å². The second-order valence-corrected chi connectivity index (χ2v) is 4.97. The van der Waals surface area contributed by atoms with Crippen LogP contribution >= 0.6 is 0 Å². The summed E-state index contributed by atoms with van der Waals surface area (Å²) in [5.41, 5.74) is 0.198. The Morgan fingerprint density at radius 2 is 1.83 bits per heavy atom. The standard InChI is InChI=1S/C14H19NO3/c16-10-14(11-17)9-15(7-6-13(14)18)8-12-4-2-1-3-5-12/h1-5,16-17H,6-11H2. The van der Waals surface area contributed by atoms with E-state index in [0.717, 1.165) is 6.54 Å². The first-order valence-corrected chi connectivity index (χ1v) is 6.21. The highest BCUT2D eigenvalue weighted by molar-refractivity contribution is 5.86. The molecule has 2 rings (SSSR count). The number of carbonyl (C=O) groups is 1. The first-order valence-electron chi connectivity index (χ1n) is 6.21. The van der Waals surface area contributed by atoms with Crippen LogP contribution in [0.15, 0.2) is 30.3 Å². The van der Waals surface area contributed by atoms with E-state index in [1.54, 1.807) is 0 Å². The Kier molecular flexibility index (Phi) is 4.11. The second-order valence-electron chi connectivity index (χ2n) is 4.97. The van der Waals surface area contributed by atoms with Gasteiger partial charge in [0.15, 0.2) is 0 Å². The molecule has 18 heavy (non-hydrogen) atoms. The molecule has 0 unspecified atom stereocenters. The molecule has 98 valence electrons. The molecule has 1 heterocycles. The molecule has 4 heteroatoms. The van der Waals surface area contributed by atoms with Crippen LogP contribution in [-0.2, 0) is 11.3 Å². The van der Waals surface area contributed by atoms with Crippen molar-refractivity contribution in [2.75, 3.05) is 26.3 Å². The molecule has 1 saturated heterocycles. The van der Waals surface area contributed by atoms with E-state index < -0.39 is 5.41 Å². The lowest BCUT2D eigenvalue weighted by Crippen LogP contribution is -2.53. The van der Waals surface area contributed by atoms with Crippen molar-refractivity contribution in [2.45, 2.75) is 13.0 Å². The summed E-state index contributed by atoms with van der Waals surface area (Å²) in [6, 6.07) is 10.0. The number of ketones is 1. The number of Topliss-reactive ketones (excluding diaryl/α,β-unsaturated/α-hetero) is 1. The smallest absolute Gasteiger partial charge is 0.146 e. The molecule has 0 aromatic heterocycles. The van der Waals surface area contributed by atoms with Crippen molar-refractivity contribution in [3.05, 3.63) is 35.9 Å². The highest BCUT2D eigenvalue weighted by Crippen LogP contribution is 2.26. The SMILES string of the molecule is O=C1CCN(Cc2ccccc2)CC1(CO)CO. The van der Waals surface area contributed by atoms with Crippen LogP contribution in [0.4, 0.5) is 0 Å². The van der Waals surface area contributed by atoms with E-state index in [-0.39, 0.29) is 19.0 Å². The van der Waals surface area contributed by atoms with Crippen LogP contribution < -0.4 is 0 Å². The average Bonchev–Trinajstić information content (AvgIpc) is 2.42. The Morgan fingerprint density at radius 1 is 1.17 bits per heavy atom. The molecular formula is C14H19NO3. The van der Waals surface area contributed by atoms with Gasteiger partial charge in [0, 0.05) is 26.1 Å². The van der Waals surface area contributed by atoms with E-state index in [4.69, 9.17) is 0 Å². The summed E-state index contributed by atoms with van der Waals surface area (Å²) in [6.45, 7) is 1.29. The van der Waals surface area contributed by atoms with E-state index in [9.17, 15) is 15.0 Å². The topological polar surface area (TPSA) is 60.8 Å².